The lowest BCUT2D eigenvalue weighted by atomic mass is 10.1. The molecule has 0 radical (unpaired) electrons. The van der Waals surface area contributed by atoms with Crippen molar-refractivity contribution in [2.75, 3.05) is 26.0 Å². The van der Waals surface area contributed by atoms with Crippen LogP contribution in [-0.4, -0.2) is 34.5 Å². The van der Waals surface area contributed by atoms with Crippen LogP contribution in [-0.2, 0) is 13.1 Å². The molecule has 152 valence electrons. The summed E-state index contributed by atoms with van der Waals surface area (Å²) >= 11 is 0. The second-order valence-corrected chi connectivity index (χ2v) is 7.61. The summed E-state index contributed by atoms with van der Waals surface area (Å²) in [6.45, 7) is 2.71. The number of imidazole rings is 1. The number of hydrogen-bond donors (Lipinski definition) is 1. The summed E-state index contributed by atoms with van der Waals surface area (Å²) in [6.07, 6.45) is 1.94. The van der Waals surface area contributed by atoms with Gasteiger partial charge in [0.2, 0.25) is 0 Å². The summed E-state index contributed by atoms with van der Waals surface area (Å²) in [4.78, 5) is 7.20. The van der Waals surface area contributed by atoms with E-state index in [1.807, 2.05) is 42.6 Å². The number of nitrogens with zero attached hydrogens (tertiary/aromatic N) is 3. The molecule has 6 nitrogen and oxygen atoms in total. The molecule has 3 heterocycles. The van der Waals surface area contributed by atoms with E-state index in [0.29, 0.717) is 18.9 Å². The molecule has 2 aromatic carbocycles. The van der Waals surface area contributed by atoms with Crippen LogP contribution < -0.4 is 15.2 Å². The summed E-state index contributed by atoms with van der Waals surface area (Å²) in [6, 6.07) is 20.3. The lowest BCUT2D eigenvalue weighted by Crippen LogP contribution is -2.19. The fourth-order valence-electron chi connectivity index (χ4n) is 3.89. The number of rotatable bonds is 5. The predicted molar refractivity (Wildman–Crippen MR) is 118 cm³/mol. The van der Waals surface area contributed by atoms with Crippen molar-refractivity contribution in [3.63, 3.8) is 0 Å². The third-order valence-corrected chi connectivity index (χ3v) is 5.27. The zero-order valence-corrected chi connectivity index (χ0v) is 16.9. The Morgan fingerprint density at radius 1 is 0.967 bits per heavy atom. The number of aromatic nitrogens is 2. The van der Waals surface area contributed by atoms with Gasteiger partial charge >= 0.3 is 0 Å². The van der Waals surface area contributed by atoms with Crippen molar-refractivity contribution in [2.45, 2.75) is 13.1 Å². The molecule has 0 amide bonds. The number of pyridine rings is 1. The van der Waals surface area contributed by atoms with Gasteiger partial charge in [0.15, 0.2) is 11.5 Å². The number of benzene rings is 2. The molecule has 0 bridgehead atoms. The van der Waals surface area contributed by atoms with E-state index in [9.17, 15) is 0 Å². The second-order valence-electron chi connectivity index (χ2n) is 7.61. The Morgan fingerprint density at radius 2 is 1.77 bits per heavy atom. The smallest absolute Gasteiger partial charge is 0.162 e. The maximum atomic E-state index is 6.09. The van der Waals surface area contributed by atoms with E-state index in [0.717, 1.165) is 47.2 Å². The van der Waals surface area contributed by atoms with Gasteiger partial charge in [0.1, 0.15) is 18.9 Å². The highest BCUT2D eigenvalue weighted by molar-refractivity contribution is 5.70. The Balaban J connectivity index is 1.55. The topological polar surface area (TPSA) is 65.0 Å². The van der Waals surface area contributed by atoms with Crippen LogP contribution in [0.25, 0.3) is 16.9 Å². The van der Waals surface area contributed by atoms with Crippen molar-refractivity contribution in [1.29, 1.82) is 0 Å². The van der Waals surface area contributed by atoms with Gasteiger partial charge in [0, 0.05) is 30.5 Å². The van der Waals surface area contributed by atoms with Crippen molar-refractivity contribution in [3.05, 3.63) is 78.1 Å². The minimum absolute atomic E-state index is 0.560. The molecule has 1 aliphatic rings. The molecule has 0 atom stereocenters. The van der Waals surface area contributed by atoms with Gasteiger partial charge in [-0.15, -0.1) is 0 Å². The van der Waals surface area contributed by atoms with Crippen molar-refractivity contribution < 1.29 is 9.47 Å². The first-order chi connectivity index (χ1) is 14.7. The summed E-state index contributed by atoms with van der Waals surface area (Å²) in [5.41, 5.74) is 12.0. The molecule has 2 N–H and O–H groups in total. The van der Waals surface area contributed by atoms with Crippen LogP contribution in [0.2, 0.25) is 0 Å². The van der Waals surface area contributed by atoms with Gasteiger partial charge in [0.25, 0.3) is 0 Å². The lowest BCUT2D eigenvalue weighted by Gasteiger charge is -2.20. The van der Waals surface area contributed by atoms with E-state index in [4.69, 9.17) is 20.2 Å². The van der Waals surface area contributed by atoms with Crippen molar-refractivity contribution in [1.82, 2.24) is 14.3 Å². The Morgan fingerprint density at radius 3 is 2.60 bits per heavy atom. The fourth-order valence-corrected chi connectivity index (χ4v) is 3.89. The van der Waals surface area contributed by atoms with Crippen molar-refractivity contribution in [3.8, 4) is 22.8 Å². The van der Waals surface area contributed by atoms with Crippen LogP contribution in [0.5, 0.6) is 11.5 Å². The minimum atomic E-state index is 0.560. The monoisotopic (exact) mass is 400 g/mol. The molecule has 0 fully saturated rings. The van der Waals surface area contributed by atoms with E-state index in [1.165, 1.54) is 5.56 Å². The quantitative estimate of drug-likeness (QED) is 0.549. The van der Waals surface area contributed by atoms with Gasteiger partial charge in [-0.25, -0.2) is 4.98 Å². The highest BCUT2D eigenvalue weighted by atomic mass is 16.6. The van der Waals surface area contributed by atoms with Gasteiger partial charge in [-0.1, -0.05) is 30.3 Å². The average Bonchev–Trinajstić information content (AvgIpc) is 3.11. The molecule has 30 heavy (non-hydrogen) atoms. The third-order valence-electron chi connectivity index (χ3n) is 5.27. The number of anilines is 1. The van der Waals surface area contributed by atoms with E-state index in [-0.39, 0.29) is 0 Å². The first-order valence-electron chi connectivity index (χ1n) is 10.1. The standard InChI is InChI=1S/C24H24N4O2/c1-27(14-17-5-3-2-4-6-17)16-20-24(26-23-10-8-19(25)15-28(20)23)18-7-9-21-22(13-18)30-12-11-29-21/h2-10,13,15H,11-12,14,16,25H2,1H3. The maximum absolute atomic E-state index is 6.09. The number of nitrogen functional groups attached to an aromatic ring is 1. The largest absolute Gasteiger partial charge is 0.486 e. The van der Waals surface area contributed by atoms with E-state index in [2.05, 4.69) is 40.6 Å². The molecule has 6 heteroatoms. The third kappa shape index (κ3) is 3.57. The number of ether oxygens (including phenoxy) is 2. The highest BCUT2D eigenvalue weighted by Crippen LogP contribution is 2.36. The van der Waals surface area contributed by atoms with E-state index >= 15 is 0 Å². The normalized spacial score (nSPS) is 13.1. The number of fused-ring (bicyclic) bond motifs is 2. The van der Waals surface area contributed by atoms with E-state index < -0.39 is 0 Å². The van der Waals surface area contributed by atoms with Crippen molar-refractivity contribution >= 4 is 11.3 Å². The Labute approximate surface area is 175 Å². The van der Waals surface area contributed by atoms with Crippen LogP contribution in [0, 0.1) is 0 Å². The molecule has 4 aromatic rings. The Bertz CT molecular complexity index is 1190. The number of hydrogen-bond acceptors (Lipinski definition) is 5. The molecule has 0 saturated carbocycles. The highest BCUT2D eigenvalue weighted by Gasteiger charge is 2.19. The maximum Gasteiger partial charge on any atom is 0.162 e. The molecule has 0 spiro atoms. The molecule has 5 rings (SSSR count). The van der Waals surface area contributed by atoms with Crippen LogP contribution in [0.15, 0.2) is 66.9 Å². The second kappa shape index (κ2) is 7.72. The zero-order valence-electron chi connectivity index (χ0n) is 16.9. The Kier molecular flexibility index (Phi) is 4.77. The molecular weight excluding hydrogens is 376 g/mol. The van der Waals surface area contributed by atoms with E-state index in [1.54, 1.807) is 0 Å². The SMILES string of the molecule is CN(Cc1ccccc1)Cc1c(-c2ccc3c(c2)OCCO3)nc2ccc(N)cn12. The van der Waals surface area contributed by atoms with Crippen LogP contribution in [0.1, 0.15) is 11.3 Å². The zero-order chi connectivity index (χ0) is 20.5. The fraction of sp³-hybridized carbons (Fsp3) is 0.208. The van der Waals surface area contributed by atoms with Crippen LogP contribution in [0.4, 0.5) is 5.69 Å². The summed E-state index contributed by atoms with van der Waals surface area (Å²) in [5.74, 6) is 1.54. The minimum Gasteiger partial charge on any atom is -0.486 e. The molecule has 0 saturated heterocycles. The first-order valence-corrected chi connectivity index (χ1v) is 10.1. The summed E-state index contributed by atoms with van der Waals surface area (Å²) < 4.78 is 13.5. The molecular formula is C24H24N4O2. The van der Waals surface area contributed by atoms with Crippen molar-refractivity contribution in [2.24, 2.45) is 0 Å². The molecule has 2 aromatic heterocycles. The summed E-state index contributed by atoms with van der Waals surface area (Å²) in [5, 5.41) is 0. The molecule has 0 unspecified atom stereocenters. The Hall–Kier alpha value is -3.51. The summed E-state index contributed by atoms with van der Waals surface area (Å²) in [7, 11) is 2.12. The first kappa shape index (κ1) is 18.5. The van der Waals surface area contributed by atoms with Gasteiger partial charge < -0.3 is 19.6 Å². The predicted octanol–water partition coefficient (Wildman–Crippen LogP) is 3.99. The van der Waals surface area contributed by atoms with Gasteiger partial charge in [-0.3, -0.25) is 4.90 Å². The molecule has 1 aliphatic heterocycles. The van der Waals surface area contributed by atoms with Crippen LogP contribution >= 0.6 is 0 Å². The van der Waals surface area contributed by atoms with Gasteiger partial charge in [-0.05, 0) is 42.9 Å². The lowest BCUT2D eigenvalue weighted by molar-refractivity contribution is 0.171. The van der Waals surface area contributed by atoms with Crippen LogP contribution in [0.3, 0.4) is 0 Å². The average molecular weight is 400 g/mol. The van der Waals surface area contributed by atoms with Gasteiger partial charge in [-0.2, -0.15) is 0 Å². The number of nitrogens with two attached hydrogens (primary N) is 1. The van der Waals surface area contributed by atoms with Gasteiger partial charge in [0.05, 0.1) is 11.4 Å². The molecule has 0 aliphatic carbocycles.